The van der Waals surface area contributed by atoms with Gasteiger partial charge in [0.15, 0.2) is 0 Å². The lowest BCUT2D eigenvalue weighted by Gasteiger charge is -2.24. The standard InChI is InChI=1S/C18H38O/c1-15(13-17(3,4)5)9-11-19-12-10-16(2)14-18(6,7)8/h15-16H,9-14H2,1-8H3. The van der Waals surface area contributed by atoms with Crippen molar-refractivity contribution in [1.82, 2.24) is 0 Å². The van der Waals surface area contributed by atoms with Crippen LogP contribution in [0.3, 0.4) is 0 Å². The zero-order valence-electron chi connectivity index (χ0n) is 14.8. The average molecular weight is 271 g/mol. The number of hydrogen-bond donors (Lipinski definition) is 0. The van der Waals surface area contributed by atoms with Gasteiger partial charge in [-0.1, -0.05) is 55.4 Å². The fourth-order valence-corrected chi connectivity index (χ4v) is 2.97. The Kier molecular flexibility index (Phi) is 8.27. The fraction of sp³-hybridized carbons (Fsp3) is 1.00. The summed E-state index contributed by atoms with van der Waals surface area (Å²) >= 11 is 0. The van der Waals surface area contributed by atoms with Crippen molar-refractivity contribution in [3.8, 4) is 0 Å². The SMILES string of the molecule is CC(CCOCCC(C)CC(C)(C)C)CC(C)(C)C. The molecule has 0 fully saturated rings. The van der Waals surface area contributed by atoms with Crippen LogP contribution in [0.5, 0.6) is 0 Å². The summed E-state index contributed by atoms with van der Waals surface area (Å²) in [6.07, 6.45) is 4.98. The lowest BCUT2D eigenvalue weighted by atomic mass is 9.84. The van der Waals surface area contributed by atoms with Crippen LogP contribution < -0.4 is 0 Å². The van der Waals surface area contributed by atoms with Gasteiger partial charge in [-0.05, 0) is 48.3 Å². The molecule has 0 aliphatic carbocycles. The molecule has 0 heterocycles. The Hall–Kier alpha value is -0.0400. The molecule has 116 valence electrons. The van der Waals surface area contributed by atoms with E-state index in [-0.39, 0.29) is 0 Å². The zero-order valence-corrected chi connectivity index (χ0v) is 14.8. The van der Waals surface area contributed by atoms with Crippen molar-refractivity contribution < 1.29 is 4.74 Å². The number of rotatable bonds is 8. The zero-order chi connectivity index (χ0) is 15.1. The fourth-order valence-electron chi connectivity index (χ4n) is 2.97. The van der Waals surface area contributed by atoms with Gasteiger partial charge in [-0.25, -0.2) is 0 Å². The molecule has 0 aromatic carbocycles. The first-order chi connectivity index (χ1) is 8.49. The number of hydrogen-bond acceptors (Lipinski definition) is 1. The molecule has 2 unspecified atom stereocenters. The molecule has 0 N–H and O–H groups in total. The largest absolute Gasteiger partial charge is 0.381 e. The van der Waals surface area contributed by atoms with Crippen LogP contribution in [0.15, 0.2) is 0 Å². The maximum Gasteiger partial charge on any atom is 0.0468 e. The highest BCUT2D eigenvalue weighted by Gasteiger charge is 2.16. The summed E-state index contributed by atoms with van der Waals surface area (Å²) in [7, 11) is 0. The molecule has 0 saturated carbocycles. The summed E-state index contributed by atoms with van der Waals surface area (Å²) in [6.45, 7) is 20.5. The highest BCUT2D eigenvalue weighted by Crippen LogP contribution is 2.27. The van der Waals surface area contributed by atoms with Crippen molar-refractivity contribution >= 4 is 0 Å². The van der Waals surface area contributed by atoms with Crippen molar-refractivity contribution in [1.29, 1.82) is 0 Å². The minimum atomic E-state index is 0.445. The summed E-state index contributed by atoms with van der Waals surface area (Å²) < 4.78 is 5.80. The summed E-state index contributed by atoms with van der Waals surface area (Å²) in [5, 5.41) is 0. The Morgan fingerprint density at radius 3 is 1.26 bits per heavy atom. The third-order valence-electron chi connectivity index (χ3n) is 3.43. The average Bonchev–Trinajstić information content (AvgIpc) is 2.10. The molecule has 0 aromatic heterocycles. The molecule has 0 saturated heterocycles. The van der Waals surface area contributed by atoms with Crippen LogP contribution in [-0.4, -0.2) is 13.2 Å². The summed E-state index contributed by atoms with van der Waals surface area (Å²) in [5.74, 6) is 1.54. The van der Waals surface area contributed by atoms with E-state index in [1.165, 1.54) is 25.7 Å². The molecular formula is C18H38O. The molecule has 19 heavy (non-hydrogen) atoms. The monoisotopic (exact) mass is 270 g/mol. The van der Waals surface area contributed by atoms with Crippen LogP contribution in [0.2, 0.25) is 0 Å². The van der Waals surface area contributed by atoms with Gasteiger partial charge >= 0.3 is 0 Å². The van der Waals surface area contributed by atoms with Gasteiger partial charge in [-0.3, -0.25) is 0 Å². The van der Waals surface area contributed by atoms with Gasteiger partial charge in [-0.15, -0.1) is 0 Å². The van der Waals surface area contributed by atoms with Crippen molar-refractivity contribution in [2.75, 3.05) is 13.2 Å². The molecule has 0 rings (SSSR count). The lowest BCUT2D eigenvalue weighted by Crippen LogP contribution is -2.14. The molecule has 2 atom stereocenters. The maximum atomic E-state index is 5.80. The smallest absolute Gasteiger partial charge is 0.0468 e. The Labute approximate surface area is 122 Å². The molecule has 0 aromatic rings. The predicted molar refractivity (Wildman–Crippen MR) is 86.5 cm³/mol. The van der Waals surface area contributed by atoms with Crippen LogP contribution in [0.25, 0.3) is 0 Å². The normalized spacial score (nSPS) is 16.4. The molecule has 0 bridgehead atoms. The van der Waals surface area contributed by atoms with Crippen LogP contribution in [-0.2, 0) is 4.74 Å². The van der Waals surface area contributed by atoms with E-state index in [4.69, 9.17) is 4.74 Å². The Balaban J connectivity index is 3.55. The third-order valence-corrected chi connectivity index (χ3v) is 3.43. The number of ether oxygens (including phenoxy) is 1. The summed E-state index contributed by atoms with van der Waals surface area (Å²) in [6, 6.07) is 0. The van der Waals surface area contributed by atoms with Crippen LogP contribution in [0.4, 0.5) is 0 Å². The molecule has 0 amide bonds. The predicted octanol–water partition coefficient (Wildman–Crippen LogP) is 5.93. The van der Waals surface area contributed by atoms with Gasteiger partial charge < -0.3 is 4.74 Å². The van der Waals surface area contributed by atoms with Crippen LogP contribution in [0.1, 0.15) is 81.1 Å². The minimum Gasteiger partial charge on any atom is -0.381 e. The summed E-state index contributed by atoms with van der Waals surface area (Å²) in [5.41, 5.74) is 0.890. The van der Waals surface area contributed by atoms with Gasteiger partial charge in [0.2, 0.25) is 0 Å². The molecule has 1 heteroatoms. The van der Waals surface area contributed by atoms with E-state index in [0.29, 0.717) is 10.8 Å². The van der Waals surface area contributed by atoms with Gasteiger partial charge in [0.1, 0.15) is 0 Å². The van der Waals surface area contributed by atoms with Crippen molar-refractivity contribution in [2.45, 2.75) is 81.1 Å². The van der Waals surface area contributed by atoms with Gasteiger partial charge in [0.25, 0.3) is 0 Å². The topological polar surface area (TPSA) is 9.23 Å². The van der Waals surface area contributed by atoms with Crippen molar-refractivity contribution in [2.24, 2.45) is 22.7 Å². The van der Waals surface area contributed by atoms with E-state index in [0.717, 1.165) is 25.0 Å². The first kappa shape index (κ1) is 19.0. The van der Waals surface area contributed by atoms with Crippen molar-refractivity contribution in [3.05, 3.63) is 0 Å². The van der Waals surface area contributed by atoms with E-state index in [1.54, 1.807) is 0 Å². The second-order valence-corrected chi connectivity index (χ2v) is 8.93. The van der Waals surface area contributed by atoms with E-state index < -0.39 is 0 Å². The second kappa shape index (κ2) is 8.29. The minimum absolute atomic E-state index is 0.445. The molecule has 0 aliphatic heterocycles. The van der Waals surface area contributed by atoms with Gasteiger partial charge in [-0.2, -0.15) is 0 Å². The van der Waals surface area contributed by atoms with Crippen LogP contribution in [0, 0.1) is 22.7 Å². The van der Waals surface area contributed by atoms with E-state index in [1.807, 2.05) is 0 Å². The maximum absolute atomic E-state index is 5.80. The molecule has 1 nitrogen and oxygen atoms in total. The molecule has 0 aliphatic rings. The summed E-state index contributed by atoms with van der Waals surface area (Å²) in [4.78, 5) is 0. The van der Waals surface area contributed by atoms with Gasteiger partial charge in [0.05, 0.1) is 0 Å². The van der Waals surface area contributed by atoms with Crippen LogP contribution >= 0.6 is 0 Å². The first-order valence-electron chi connectivity index (χ1n) is 8.07. The second-order valence-electron chi connectivity index (χ2n) is 8.93. The van der Waals surface area contributed by atoms with E-state index in [9.17, 15) is 0 Å². The Bertz CT molecular complexity index is 195. The molecule has 0 radical (unpaired) electrons. The highest BCUT2D eigenvalue weighted by molar-refractivity contribution is 4.67. The van der Waals surface area contributed by atoms with E-state index >= 15 is 0 Å². The van der Waals surface area contributed by atoms with Gasteiger partial charge in [0, 0.05) is 13.2 Å². The first-order valence-corrected chi connectivity index (χ1v) is 8.07. The Morgan fingerprint density at radius 1 is 0.684 bits per heavy atom. The van der Waals surface area contributed by atoms with E-state index in [2.05, 4.69) is 55.4 Å². The molecule has 0 spiro atoms. The third kappa shape index (κ3) is 14.2. The Morgan fingerprint density at radius 2 is 1.00 bits per heavy atom. The van der Waals surface area contributed by atoms with Crippen molar-refractivity contribution in [3.63, 3.8) is 0 Å². The molecular weight excluding hydrogens is 232 g/mol. The lowest BCUT2D eigenvalue weighted by molar-refractivity contribution is 0.100. The quantitative estimate of drug-likeness (QED) is 0.497. The highest BCUT2D eigenvalue weighted by atomic mass is 16.5.